The van der Waals surface area contributed by atoms with Crippen molar-refractivity contribution in [2.24, 2.45) is 11.7 Å². The van der Waals surface area contributed by atoms with Crippen molar-refractivity contribution in [2.45, 2.75) is 32.4 Å². The lowest BCUT2D eigenvalue weighted by Gasteiger charge is -2.37. The average molecular weight is 249 g/mol. The van der Waals surface area contributed by atoms with Crippen LogP contribution in [-0.2, 0) is 6.54 Å². The van der Waals surface area contributed by atoms with Gasteiger partial charge in [-0.1, -0.05) is 6.07 Å². The van der Waals surface area contributed by atoms with Crippen LogP contribution in [-0.4, -0.2) is 36.1 Å². The first-order valence-electron chi connectivity index (χ1n) is 6.67. The molecule has 0 bridgehead atoms. The van der Waals surface area contributed by atoms with Crippen LogP contribution in [0, 0.1) is 5.92 Å². The summed E-state index contributed by atoms with van der Waals surface area (Å²) in [6.45, 7) is 5.03. The van der Waals surface area contributed by atoms with Crippen LogP contribution in [0.3, 0.4) is 0 Å². The molecule has 2 rings (SSSR count). The molecule has 1 fully saturated rings. The Balaban J connectivity index is 2.02. The van der Waals surface area contributed by atoms with Crippen molar-refractivity contribution in [1.82, 2.24) is 9.88 Å². The number of nitrogens with two attached hydrogens (primary N) is 1. The van der Waals surface area contributed by atoms with Gasteiger partial charge in [-0.05, 0) is 38.3 Å². The number of aromatic nitrogens is 1. The fourth-order valence-electron chi connectivity index (χ4n) is 2.54. The van der Waals surface area contributed by atoms with Gasteiger partial charge >= 0.3 is 0 Å². The first kappa shape index (κ1) is 13.3. The predicted octanol–water partition coefficient (Wildman–Crippen LogP) is 1.65. The average Bonchev–Trinajstić information content (AvgIpc) is 2.41. The summed E-state index contributed by atoms with van der Waals surface area (Å²) >= 11 is 0. The summed E-state index contributed by atoms with van der Waals surface area (Å²) in [5.74, 6) is 1.32. The van der Waals surface area contributed by atoms with Crippen molar-refractivity contribution < 1.29 is 4.74 Å². The minimum Gasteiger partial charge on any atom is -0.481 e. The second-order valence-corrected chi connectivity index (χ2v) is 5.13. The highest BCUT2D eigenvalue weighted by Crippen LogP contribution is 2.23. The monoisotopic (exact) mass is 249 g/mol. The summed E-state index contributed by atoms with van der Waals surface area (Å²) in [6, 6.07) is 6.55. The van der Waals surface area contributed by atoms with Crippen LogP contribution in [0.15, 0.2) is 18.2 Å². The Kier molecular flexibility index (Phi) is 4.55. The summed E-state index contributed by atoms with van der Waals surface area (Å²) in [5.41, 5.74) is 6.86. The van der Waals surface area contributed by atoms with Crippen LogP contribution < -0.4 is 10.5 Å². The largest absolute Gasteiger partial charge is 0.481 e. The molecule has 1 aliphatic heterocycles. The normalized spacial score (nSPS) is 25.1. The van der Waals surface area contributed by atoms with Gasteiger partial charge < -0.3 is 10.5 Å². The molecular formula is C14H23N3O. The molecule has 2 heterocycles. The zero-order valence-electron chi connectivity index (χ0n) is 11.3. The fourth-order valence-corrected chi connectivity index (χ4v) is 2.54. The van der Waals surface area contributed by atoms with Crippen molar-refractivity contribution in [3.63, 3.8) is 0 Å². The Morgan fingerprint density at radius 1 is 1.44 bits per heavy atom. The van der Waals surface area contributed by atoms with Crippen molar-refractivity contribution in [3.05, 3.63) is 23.9 Å². The van der Waals surface area contributed by atoms with E-state index in [0.29, 0.717) is 17.8 Å². The van der Waals surface area contributed by atoms with E-state index in [1.165, 1.54) is 12.8 Å². The number of hydrogen-bond acceptors (Lipinski definition) is 4. The summed E-state index contributed by atoms with van der Waals surface area (Å²) in [4.78, 5) is 6.95. The van der Waals surface area contributed by atoms with E-state index in [-0.39, 0.29) is 0 Å². The summed E-state index contributed by atoms with van der Waals surface area (Å²) in [7, 11) is 1.65. The zero-order valence-corrected chi connectivity index (χ0v) is 11.3. The van der Waals surface area contributed by atoms with Crippen LogP contribution in [0.5, 0.6) is 5.88 Å². The van der Waals surface area contributed by atoms with E-state index in [2.05, 4.69) is 22.9 Å². The first-order valence-corrected chi connectivity index (χ1v) is 6.67. The lowest BCUT2D eigenvalue weighted by Crippen LogP contribution is -2.43. The molecule has 18 heavy (non-hydrogen) atoms. The number of likely N-dealkylation sites (tertiary alicyclic amines) is 1. The summed E-state index contributed by atoms with van der Waals surface area (Å²) in [5, 5.41) is 0. The quantitative estimate of drug-likeness (QED) is 0.881. The Labute approximate surface area is 109 Å². The lowest BCUT2D eigenvalue weighted by atomic mass is 9.93. The Bertz CT molecular complexity index is 383. The second-order valence-electron chi connectivity index (χ2n) is 5.13. The van der Waals surface area contributed by atoms with Crippen LogP contribution in [0.4, 0.5) is 0 Å². The molecule has 0 aliphatic carbocycles. The summed E-state index contributed by atoms with van der Waals surface area (Å²) in [6.07, 6.45) is 2.48. The van der Waals surface area contributed by atoms with Gasteiger partial charge in [0.15, 0.2) is 0 Å². The van der Waals surface area contributed by atoms with Gasteiger partial charge in [0, 0.05) is 25.2 Å². The van der Waals surface area contributed by atoms with Crippen molar-refractivity contribution in [1.29, 1.82) is 0 Å². The van der Waals surface area contributed by atoms with E-state index in [4.69, 9.17) is 10.5 Å². The molecule has 0 amide bonds. The lowest BCUT2D eigenvalue weighted by molar-refractivity contribution is 0.112. The number of hydrogen-bond donors (Lipinski definition) is 1. The standard InChI is InChI=1S/C14H23N3O/c1-11-6-7-12(8-15)9-17(11)10-13-4-3-5-14(16-13)18-2/h3-5,11-12H,6-10,15H2,1-2H3. The van der Waals surface area contributed by atoms with E-state index in [1.54, 1.807) is 7.11 Å². The van der Waals surface area contributed by atoms with E-state index in [0.717, 1.165) is 25.3 Å². The van der Waals surface area contributed by atoms with Gasteiger partial charge in [-0.2, -0.15) is 0 Å². The SMILES string of the molecule is COc1cccc(CN2CC(CN)CCC2C)n1. The number of piperidine rings is 1. The zero-order chi connectivity index (χ0) is 13.0. The van der Waals surface area contributed by atoms with Crippen molar-refractivity contribution in [2.75, 3.05) is 20.2 Å². The van der Waals surface area contributed by atoms with Gasteiger partial charge in [0.1, 0.15) is 0 Å². The first-order chi connectivity index (χ1) is 8.72. The topological polar surface area (TPSA) is 51.4 Å². The highest BCUT2D eigenvalue weighted by atomic mass is 16.5. The third-order valence-electron chi connectivity index (χ3n) is 3.80. The number of nitrogens with zero attached hydrogens (tertiary/aromatic N) is 2. The molecule has 4 heteroatoms. The van der Waals surface area contributed by atoms with Crippen LogP contribution >= 0.6 is 0 Å². The van der Waals surface area contributed by atoms with Crippen LogP contribution in [0.25, 0.3) is 0 Å². The molecule has 100 valence electrons. The second kappa shape index (κ2) is 6.16. The minimum absolute atomic E-state index is 0.612. The smallest absolute Gasteiger partial charge is 0.213 e. The summed E-state index contributed by atoms with van der Waals surface area (Å²) < 4.78 is 5.16. The van der Waals surface area contributed by atoms with Crippen LogP contribution in [0.1, 0.15) is 25.5 Å². The fraction of sp³-hybridized carbons (Fsp3) is 0.643. The molecular weight excluding hydrogens is 226 g/mol. The molecule has 2 unspecified atom stereocenters. The van der Waals surface area contributed by atoms with E-state index in [1.807, 2.05) is 12.1 Å². The number of pyridine rings is 1. The molecule has 0 radical (unpaired) electrons. The Morgan fingerprint density at radius 3 is 3.00 bits per heavy atom. The maximum Gasteiger partial charge on any atom is 0.213 e. The van der Waals surface area contributed by atoms with Gasteiger partial charge in [0.2, 0.25) is 5.88 Å². The molecule has 0 spiro atoms. The van der Waals surface area contributed by atoms with E-state index >= 15 is 0 Å². The molecule has 2 N–H and O–H groups in total. The highest BCUT2D eigenvalue weighted by Gasteiger charge is 2.24. The minimum atomic E-state index is 0.612. The molecule has 1 aliphatic rings. The molecule has 1 aromatic heterocycles. The molecule has 0 aromatic carbocycles. The maximum absolute atomic E-state index is 5.79. The molecule has 4 nitrogen and oxygen atoms in total. The third-order valence-corrected chi connectivity index (χ3v) is 3.80. The van der Waals surface area contributed by atoms with E-state index in [9.17, 15) is 0 Å². The van der Waals surface area contributed by atoms with Gasteiger partial charge in [0.25, 0.3) is 0 Å². The molecule has 2 atom stereocenters. The number of rotatable bonds is 4. The molecule has 1 aromatic rings. The van der Waals surface area contributed by atoms with Crippen molar-refractivity contribution >= 4 is 0 Å². The third kappa shape index (κ3) is 3.21. The Morgan fingerprint density at radius 2 is 2.28 bits per heavy atom. The number of methoxy groups -OCH3 is 1. The van der Waals surface area contributed by atoms with Gasteiger partial charge in [-0.3, -0.25) is 4.90 Å². The number of ether oxygens (including phenoxy) is 1. The molecule has 1 saturated heterocycles. The molecule has 0 saturated carbocycles. The van der Waals surface area contributed by atoms with Crippen molar-refractivity contribution in [3.8, 4) is 5.88 Å². The van der Waals surface area contributed by atoms with Gasteiger partial charge in [-0.15, -0.1) is 0 Å². The van der Waals surface area contributed by atoms with Crippen LogP contribution in [0.2, 0.25) is 0 Å². The van der Waals surface area contributed by atoms with Gasteiger partial charge in [-0.25, -0.2) is 4.98 Å². The van der Waals surface area contributed by atoms with E-state index < -0.39 is 0 Å². The predicted molar refractivity (Wildman–Crippen MR) is 72.4 cm³/mol. The maximum atomic E-state index is 5.79. The Hall–Kier alpha value is -1.13. The van der Waals surface area contributed by atoms with Gasteiger partial charge in [0.05, 0.1) is 12.8 Å². The highest BCUT2D eigenvalue weighted by molar-refractivity contribution is 5.15.